The lowest BCUT2D eigenvalue weighted by Gasteiger charge is -2.05. The molecule has 0 aliphatic rings. The van der Waals surface area contributed by atoms with Crippen molar-refractivity contribution < 1.29 is 14.8 Å². The minimum Gasteiger partial charge on any atom is -0.597 e. The number of unbranched alkanes of at least 4 members (excludes halogenated alkanes) is 1. The lowest BCUT2D eigenvalue weighted by Crippen LogP contribution is -2.00. The van der Waals surface area contributed by atoms with Gasteiger partial charge in [-0.15, -0.1) is 0 Å². The maximum Gasteiger partial charge on any atom is 0.209 e. The first-order valence-electron chi connectivity index (χ1n) is 5.27. The zero-order chi connectivity index (χ0) is 11.8. The number of hydroxylamine groups is 1. The van der Waals surface area contributed by atoms with Gasteiger partial charge >= 0.3 is 0 Å². The Hall–Kier alpha value is -1.78. The van der Waals surface area contributed by atoms with Crippen molar-refractivity contribution in [3.05, 3.63) is 35.0 Å². The summed E-state index contributed by atoms with van der Waals surface area (Å²) >= 11 is 0. The molecule has 0 fully saturated rings. The van der Waals surface area contributed by atoms with Gasteiger partial charge in [0.05, 0.1) is 6.61 Å². The van der Waals surface area contributed by atoms with Crippen LogP contribution in [0.4, 0.5) is 0 Å². The Morgan fingerprint density at radius 1 is 1.38 bits per heavy atom. The van der Waals surface area contributed by atoms with E-state index in [9.17, 15) is 5.21 Å². The molecule has 0 spiro atoms. The minimum atomic E-state index is 0.0335. The van der Waals surface area contributed by atoms with Crippen LogP contribution in [0.1, 0.15) is 25.3 Å². The smallest absolute Gasteiger partial charge is 0.209 e. The molecule has 0 aromatic heterocycles. The molecule has 1 rings (SSSR count). The summed E-state index contributed by atoms with van der Waals surface area (Å²) in [4.78, 5) is 0.215. The minimum absolute atomic E-state index is 0.0335. The summed E-state index contributed by atoms with van der Waals surface area (Å²) in [5.74, 6) is 0.788. The van der Waals surface area contributed by atoms with E-state index in [2.05, 4.69) is 12.2 Å². The van der Waals surface area contributed by atoms with Crippen LogP contribution < -0.4 is 4.74 Å². The Bertz CT molecular complexity index is 336. The fraction of sp³-hybridized carbons (Fsp3) is 0.455. The number of rotatable bonds is 6. The summed E-state index contributed by atoms with van der Waals surface area (Å²) in [6.45, 7) is 2.84. The zero-order valence-corrected chi connectivity index (χ0v) is 9.30. The van der Waals surface area contributed by atoms with Gasteiger partial charge < -0.3 is 15.2 Å². The molecule has 5 nitrogen and oxygen atoms in total. The van der Waals surface area contributed by atoms with Gasteiger partial charge in [0, 0.05) is 5.56 Å². The number of nitrogens with zero attached hydrogens (tertiary/aromatic N) is 2. The molecule has 1 aromatic rings. The second kappa shape index (κ2) is 6.66. The summed E-state index contributed by atoms with van der Waals surface area (Å²) < 4.78 is 5.47. The number of hydrogen-bond acceptors (Lipinski definition) is 3. The zero-order valence-electron chi connectivity index (χ0n) is 9.30. The second-order valence-electron chi connectivity index (χ2n) is 3.45. The van der Waals surface area contributed by atoms with Crippen molar-refractivity contribution in [1.82, 2.24) is 0 Å². The maximum atomic E-state index is 10.7. The van der Waals surface area contributed by atoms with Crippen molar-refractivity contribution in [3.63, 3.8) is 0 Å². The molecule has 0 aliphatic carbocycles. The molecule has 5 heteroatoms. The van der Waals surface area contributed by atoms with E-state index in [-0.39, 0.29) is 11.4 Å². The maximum absolute atomic E-state index is 10.7. The molecule has 0 bridgehead atoms. The molecule has 0 atom stereocenters. The lowest BCUT2D eigenvalue weighted by atomic mass is 10.2. The Balaban J connectivity index is 2.47. The third kappa shape index (κ3) is 4.16. The van der Waals surface area contributed by atoms with Crippen LogP contribution in [0.25, 0.3) is 0 Å². The standard InChI is InChI=1S/C11H16N2O3/c1-2-3-8-16-11-6-4-10(5-7-11)9-13(15)12-14/h4-7,14H,2-3,8-9H2,1H3/b13-12-. The number of benzene rings is 1. The van der Waals surface area contributed by atoms with Gasteiger partial charge in [-0.05, 0) is 30.7 Å². The molecule has 0 heterocycles. The summed E-state index contributed by atoms with van der Waals surface area (Å²) in [5, 5.41) is 21.5. The highest BCUT2D eigenvalue weighted by Gasteiger charge is 2.00. The van der Waals surface area contributed by atoms with Gasteiger partial charge in [-0.2, -0.15) is 0 Å². The monoisotopic (exact) mass is 224 g/mol. The van der Waals surface area contributed by atoms with Crippen LogP contribution >= 0.6 is 0 Å². The number of hydrogen-bond donors (Lipinski definition) is 1. The van der Waals surface area contributed by atoms with Crippen LogP contribution in [-0.2, 0) is 6.54 Å². The van der Waals surface area contributed by atoms with E-state index in [1.807, 2.05) is 0 Å². The Kier molecular flexibility index (Phi) is 5.11. The van der Waals surface area contributed by atoms with Gasteiger partial charge in [0.25, 0.3) is 0 Å². The Morgan fingerprint density at radius 2 is 2.06 bits per heavy atom. The molecule has 0 saturated heterocycles. The average Bonchev–Trinajstić information content (AvgIpc) is 2.31. The predicted octanol–water partition coefficient (Wildman–Crippen LogP) is 2.72. The molecule has 0 unspecified atom stereocenters. The quantitative estimate of drug-likeness (QED) is 0.349. The van der Waals surface area contributed by atoms with Gasteiger partial charge in [0.15, 0.2) is 5.28 Å². The van der Waals surface area contributed by atoms with Gasteiger partial charge in [0.2, 0.25) is 6.54 Å². The Morgan fingerprint density at radius 3 is 2.62 bits per heavy atom. The summed E-state index contributed by atoms with van der Waals surface area (Å²) in [5.41, 5.74) is 0.774. The number of ether oxygens (including phenoxy) is 1. The van der Waals surface area contributed by atoms with Crippen molar-refractivity contribution in [2.75, 3.05) is 6.61 Å². The lowest BCUT2D eigenvalue weighted by molar-refractivity contribution is -0.570. The van der Waals surface area contributed by atoms with Gasteiger partial charge in [-0.3, -0.25) is 0 Å². The summed E-state index contributed by atoms with van der Waals surface area (Å²) in [6, 6.07) is 7.15. The van der Waals surface area contributed by atoms with Crippen molar-refractivity contribution in [2.45, 2.75) is 26.3 Å². The van der Waals surface area contributed by atoms with Crippen LogP contribution in [0.3, 0.4) is 0 Å². The van der Waals surface area contributed by atoms with E-state index in [0.717, 1.165) is 24.2 Å². The largest absolute Gasteiger partial charge is 0.597 e. The van der Waals surface area contributed by atoms with Crippen LogP contribution in [0, 0.1) is 5.21 Å². The van der Waals surface area contributed by atoms with E-state index in [4.69, 9.17) is 9.94 Å². The van der Waals surface area contributed by atoms with Crippen molar-refractivity contribution in [1.29, 1.82) is 0 Å². The molecule has 1 aromatic carbocycles. The van der Waals surface area contributed by atoms with Gasteiger partial charge in [-0.25, -0.2) is 0 Å². The highest BCUT2D eigenvalue weighted by atomic mass is 16.6. The van der Waals surface area contributed by atoms with Crippen LogP contribution in [0.5, 0.6) is 5.75 Å². The Labute approximate surface area is 94.5 Å². The predicted molar refractivity (Wildman–Crippen MR) is 58.4 cm³/mol. The van der Waals surface area contributed by atoms with Gasteiger partial charge in [0.1, 0.15) is 5.75 Å². The molecule has 0 saturated carbocycles. The molecule has 0 amide bonds. The molecule has 1 N–H and O–H groups in total. The molecular weight excluding hydrogens is 208 g/mol. The van der Waals surface area contributed by atoms with Crippen molar-refractivity contribution >= 4 is 0 Å². The first-order valence-corrected chi connectivity index (χ1v) is 5.27. The molecule has 16 heavy (non-hydrogen) atoms. The van der Waals surface area contributed by atoms with E-state index in [1.54, 1.807) is 24.3 Å². The average molecular weight is 224 g/mol. The normalized spacial score (nSPS) is 11.4. The van der Waals surface area contributed by atoms with Crippen molar-refractivity contribution in [2.24, 2.45) is 5.28 Å². The van der Waals surface area contributed by atoms with Crippen LogP contribution in [0.15, 0.2) is 29.5 Å². The molecule has 0 radical (unpaired) electrons. The molecule has 88 valence electrons. The third-order valence-corrected chi connectivity index (χ3v) is 2.11. The van der Waals surface area contributed by atoms with E-state index in [1.165, 1.54) is 0 Å². The third-order valence-electron chi connectivity index (χ3n) is 2.11. The highest BCUT2D eigenvalue weighted by molar-refractivity contribution is 5.26. The first kappa shape index (κ1) is 12.3. The highest BCUT2D eigenvalue weighted by Crippen LogP contribution is 2.13. The van der Waals surface area contributed by atoms with Crippen molar-refractivity contribution in [3.8, 4) is 5.75 Å². The van der Waals surface area contributed by atoms with E-state index >= 15 is 0 Å². The second-order valence-corrected chi connectivity index (χ2v) is 3.45. The topological polar surface area (TPSA) is 67.9 Å². The summed E-state index contributed by atoms with van der Waals surface area (Å²) in [6.07, 6.45) is 2.13. The fourth-order valence-corrected chi connectivity index (χ4v) is 1.21. The van der Waals surface area contributed by atoms with Crippen LogP contribution in [-0.4, -0.2) is 16.7 Å². The molecular formula is C11H16N2O3. The first-order chi connectivity index (χ1) is 7.76. The summed E-state index contributed by atoms with van der Waals surface area (Å²) in [7, 11) is 0. The van der Waals surface area contributed by atoms with E-state index in [0.29, 0.717) is 6.61 Å². The molecule has 0 aliphatic heterocycles. The fourth-order valence-electron chi connectivity index (χ4n) is 1.21. The van der Waals surface area contributed by atoms with E-state index < -0.39 is 0 Å². The SMILES string of the molecule is CCCCOc1ccc(C/[N+]([O-])=N/O)cc1. The van der Waals surface area contributed by atoms with Crippen LogP contribution in [0.2, 0.25) is 0 Å². The van der Waals surface area contributed by atoms with Gasteiger partial charge in [-0.1, -0.05) is 18.2 Å².